The van der Waals surface area contributed by atoms with Crippen LogP contribution in [0.1, 0.15) is 0 Å². The summed E-state index contributed by atoms with van der Waals surface area (Å²) in [6, 6.07) is 11.8. The second-order valence-electron chi connectivity index (χ2n) is 4.05. The molecule has 2 aromatic heterocycles. The van der Waals surface area contributed by atoms with Crippen LogP contribution in [0.4, 0.5) is 17.3 Å². The van der Waals surface area contributed by atoms with E-state index in [4.69, 9.17) is 0 Å². The molecule has 0 aliphatic carbocycles. The molecule has 2 N–H and O–H groups in total. The lowest BCUT2D eigenvalue weighted by atomic mass is 10.2. The minimum absolute atomic E-state index is 0.782. The molecule has 5 heteroatoms. The average molecular weight is 251 g/mol. The summed E-state index contributed by atoms with van der Waals surface area (Å²) in [6.07, 6.45) is 3.32. The Kier molecular flexibility index (Phi) is 2.94. The lowest BCUT2D eigenvalue weighted by molar-refractivity contribution is 1.21. The van der Waals surface area contributed by atoms with Crippen LogP contribution in [0.25, 0.3) is 10.9 Å². The third kappa shape index (κ3) is 2.30. The summed E-state index contributed by atoms with van der Waals surface area (Å²) in [6.45, 7) is 0. The SMILES string of the molecule is CNc1ccc(Nc2ncnc3ccccc23)cn1. The van der Waals surface area contributed by atoms with Crippen molar-refractivity contribution in [3.05, 3.63) is 48.9 Å². The number of hydrogen-bond donors (Lipinski definition) is 2. The zero-order valence-electron chi connectivity index (χ0n) is 10.5. The van der Waals surface area contributed by atoms with E-state index in [0.29, 0.717) is 0 Å². The number of anilines is 3. The van der Waals surface area contributed by atoms with Gasteiger partial charge in [-0.2, -0.15) is 0 Å². The Balaban J connectivity index is 1.96. The largest absolute Gasteiger partial charge is 0.373 e. The number of nitrogens with zero attached hydrogens (tertiary/aromatic N) is 3. The van der Waals surface area contributed by atoms with Crippen molar-refractivity contribution in [2.75, 3.05) is 17.7 Å². The van der Waals surface area contributed by atoms with E-state index in [1.54, 1.807) is 12.5 Å². The van der Waals surface area contributed by atoms with Gasteiger partial charge in [0.2, 0.25) is 0 Å². The summed E-state index contributed by atoms with van der Waals surface area (Å²) >= 11 is 0. The molecular weight excluding hydrogens is 238 g/mol. The summed E-state index contributed by atoms with van der Waals surface area (Å²) in [4.78, 5) is 12.8. The van der Waals surface area contributed by atoms with Crippen LogP contribution in [0, 0.1) is 0 Å². The molecule has 19 heavy (non-hydrogen) atoms. The topological polar surface area (TPSA) is 62.7 Å². The van der Waals surface area contributed by atoms with Crippen LogP contribution >= 0.6 is 0 Å². The Morgan fingerprint density at radius 1 is 0.947 bits per heavy atom. The number of para-hydroxylation sites is 1. The Labute approximate surface area is 110 Å². The van der Waals surface area contributed by atoms with Crippen molar-refractivity contribution in [2.45, 2.75) is 0 Å². The van der Waals surface area contributed by atoms with Crippen molar-refractivity contribution in [3.63, 3.8) is 0 Å². The first kappa shape index (κ1) is 11.4. The lowest BCUT2D eigenvalue weighted by Gasteiger charge is -2.08. The van der Waals surface area contributed by atoms with Crippen molar-refractivity contribution < 1.29 is 0 Å². The van der Waals surface area contributed by atoms with E-state index in [1.165, 1.54) is 0 Å². The summed E-state index contributed by atoms with van der Waals surface area (Å²) in [5.41, 5.74) is 1.81. The fraction of sp³-hybridized carbons (Fsp3) is 0.0714. The molecule has 1 aromatic carbocycles. The molecule has 0 aliphatic heterocycles. The number of pyridine rings is 1. The molecule has 3 rings (SSSR count). The van der Waals surface area contributed by atoms with Gasteiger partial charge in [0, 0.05) is 12.4 Å². The fourth-order valence-corrected chi connectivity index (χ4v) is 1.86. The molecule has 0 amide bonds. The number of rotatable bonds is 3. The van der Waals surface area contributed by atoms with Crippen LogP contribution in [0.5, 0.6) is 0 Å². The van der Waals surface area contributed by atoms with Crippen LogP contribution < -0.4 is 10.6 Å². The number of fused-ring (bicyclic) bond motifs is 1. The van der Waals surface area contributed by atoms with Gasteiger partial charge in [-0.15, -0.1) is 0 Å². The summed E-state index contributed by atoms with van der Waals surface area (Å²) in [7, 11) is 1.84. The zero-order chi connectivity index (χ0) is 13.1. The number of aromatic nitrogens is 3. The molecule has 2 heterocycles. The highest BCUT2D eigenvalue weighted by atomic mass is 15.0. The summed E-state index contributed by atoms with van der Waals surface area (Å²) in [5.74, 6) is 1.61. The molecule has 0 unspecified atom stereocenters. The number of hydrogen-bond acceptors (Lipinski definition) is 5. The van der Waals surface area contributed by atoms with Gasteiger partial charge >= 0.3 is 0 Å². The van der Waals surface area contributed by atoms with Gasteiger partial charge in [0.15, 0.2) is 0 Å². The second-order valence-corrected chi connectivity index (χ2v) is 4.05. The van der Waals surface area contributed by atoms with Gasteiger partial charge in [-0.1, -0.05) is 12.1 Å². The van der Waals surface area contributed by atoms with Gasteiger partial charge in [0.05, 0.1) is 17.4 Å². The standard InChI is InChI=1S/C14H13N5/c1-15-13-7-6-10(8-16-13)19-14-11-4-2-3-5-12(11)17-9-18-14/h2-9H,1H3,(H,15,16)(H,17,18,19). The van der Waals surface area contributed by atoms with E-state index >= 15 is 0 Å². The van der Waals surface area contributed by atoms with Crippen LogP contribution in [0.3, 0.4) is 0 Å². The molecule has 0 saturated carbocycles. The van der Waals surface area contributed by atoms with Crippen LogP contribution in [0.2, 0.25) is 0 Å². The third-order valence-corrected chi connectivity index (χ3v) is 2.83. The Morgan fingerprint density at radius 2 is 1.84 bits per heavy atom. The fourth-order valence-electron chi connectivity index (χ4n) is 1.86. The molecule has 0 saturated heterocycles. The maximum atomic E-state index is 4.28. The van der Waals surface area contributed by atoms with Crippen LogP contribution in [-0.2, 0) is 0 Å². The predicted octanol–water partition coefficient (Wildman–Crippen LogP) is 2.81. The van der Waals surface area contributed by atoms with E-state index in [-0.39, 0.29) is 0 Å². The first-order chi connectivity index (χ1) is 9.36. The molecule has 0 atom stereocenters. The van der Waals surface area contributed by atoms with Gasteiger partial charge in [-0.3, -0.25) is 0 Å². The molecule has 94 valence electrons. The van der Waals surface area contributed by atoms with Gasteiger partial charge < -0.3 is 10.6 Å². The van der Waals surface area contributed by atoms with Crippen LogP contribution in [-0.4, -0.2) is 22.0 Å². The van der Waals surface area contributed by atoms with Crippen molar-refractivity contribution >= 4 is 28.2 Å². The Morgan fingerprint density at radius 3 is 2.63 bits per heavy atom. The van der Waals surface area contributed by atoms with Crippen molar-refractivity contribution in [1.29, 1.82) is 0 Å². The number of benzene rings is 1. The second kappa shape index (κ2) is 4.89. The molecule has 5 nitrogen and oxygen atoms in total. The molecule has 0 radical (unpaired) electrons. The minimum Gasteiger partial charge on any atom is -0.373 e. The van der Waals surface area contributed by atoms with E-state index in [2.05, 4.69) is 25.6 Å². The van der Waals surface area contributed by atoms with E-state index in [1.807, 2.05) is 43.4 Å². The summed E-state index contributed by atoms with van der Waals surface area (Å²) in [5, 5.41) is 7.23. The maximum Gasteiger partial charge on any atom is 0.141 e. The number of nitrogens with one attached hydrogen (secondary N) is 2. The normalized spacial score (nSPS) is 10.4. The summed E-state index contributed by atoms with van der Waals surface area (Å²) < 4.78 is 0. The van der Waals surface area contributed by atoms with Crippen molar-refractivity contribution in [3.8, 4) is 0 Å². The van der Waals surface area contributed by atoms with Gasteiger partial charge in [0.25, 0.3) is 0 Å². The van der Waals surface area contributed by atoms with Crippen molar-refractivity contribution in [2.24, 2.45) is 0 Å². The van der Waals surface area contributed by atoms with Gasteiger partial charge in [-0.05, 0) is 24.3 Å². The molecule has 0 spiro atoms. The molecule has 0 bridgehead atoms. The van der Waals surface area contributed by atoms with E-state index in [9.17, 15) is 0 Å². The first-order valence-electron chi connectivity index (χ1n) is 5.97. The highest BCUT2D eigenvalue weighted by Gasteiger charge is 2.03. The van der Waals surface area contributed by atoms with E-state index < -0.39 is 0 Å². The van der Waals surface area contributed by atoms with Gasteiger partial charge in [0.1, 0.15) is 18.0 Å². The highest BCUT2D eigenvalue weighted by Crippen LogP contribution is 2.22. The smallest absolute Gasteiger partial charge is 0.141 e. The maximum absolute atomic E-state index is 4.28. The predicted molar refractivity (Wildman–Crippen MR) is 76.6 cm³/mol. The quantitative estimate of drug-likeness (QED) is 0.749. The molecule has 3 aromatic rings. The highest BCUT2D eigenvalue weighted by molar-refractivity contribution is 5.90. The molecule has 0 aliphatic rings. The average Bonchev–Trinajstić information content (AvgIpc) is 2.48. The van der Waals surface area contributed by atoms with Crippen LogP contribution in [0.15, 0.2) is 48.9 Å². The first-order valence-corrected chi connectivity index (χ1v) is 5.97. The van der Waals surface area contributed by atoms with E-state index in [0.717, 1.165) is 28.2 Å². The monoisotopic (exact) mass is 251 g/mol. The minimum atomic E-state index is 0.782. The van der Waals surface area contributed by atoms with Gasteiger partial charge in [-0.25, -0.2) is 15.0 Å². The Hall–Kier alpha value is -2.69. The molecular formula is C14H13N5. The Bertz CT molecular complexity index is 688. The zero-order valence-corrected chi connectivity index (χ0v) is 10.5. The third-order valence-electron chi connectivity index (χ3n) is 2.83. The molecule has 0 fully saturated rings. The lowest BCUT2D eigenvalue weighted by Crippen LogP contribution is -1.97. The van der Waals surface area contributed by atoms with Crippen molar-refractivity contribution in [1.82, 2.24) is 15.0 Å².